The first-order chi connectivity index (χ1) is 15.5. The molecule has 5 nitrogen and oxygen atoms in total. The quantitative estimate of drug-likeness (QED) is 0.200. The number of halogens is 1. The second-order valence-corrected chi connectivity index (χ2v) is 8.67. The maximum Gasteiger partial charge on any atom is 0.295 e. The van der Waals surface area contributed by atoms with Crippen LogP contribution in [0, 0.1) is 3.57 Å². The maximum absolute atomic E-state index is 13.1. The number of benzene rings is 3. The molecule has 0 aliphatic carbocycles. The lowest BCUT2D eigenvalue weighted by Crippen LogP contribution is -2.29. The van der Waals surface area contributed by atoms with Crippen LogP contribution in [0.3, 0.4) is 0 Å². The van der Waals surface area contributed by atoms with Crippen LogP contribution >= 0.6 is 22.6 Å². The van der Waals surface area contributed by atoms with Crippen LogP contribution in [-0.2, 0) is 16.1 Å². The van der Waals surface area contributed by atoms with Gasteiger partial charge in [-0.15, -0.1) is 0 Å². The minimum absolute atomic E-state index is 0.0938. The van der Waals surface area contributed by atoms with E-state index in [4.69, 9.17) is 4.74 Å². The third-order valence-electron chi connectivity index (χ3n) is 5.36. The fourth-order valence-electron chi connectivity index (χ4n) is 3.85. The molecule has 1 aliphatic rings. The molecule has 0 bridgehead atoms. The molecule has 6 heteroatoms. The van der Waals surface area contributed by atoms with Gasteiger partial charge in [-0.1, -0.05) is 42.5 Å². The number of amides is 1. The van der Waals surface area contributed by atoms with E-state index in [0.717, 1.165) is 14.7 Å². The Morgan fingerprint density at radius 3 is 2.25 bits per heavy atom. The van der Waals surface area contributed by atoms with Crippen LogP contribution in [-0.4, -0.2) is 28.3 Å². The molecule has 162 valence electrons. The van der Waals surface area contributed by atoms with Crippen molar-refractivity contribution in [2.45, 2.75) is 19.5 Å². The van der Waals surface area contributed by atoms with Crippen molar-refractivity contribution in [2.24, 2.45) is 0 Å². The van der Waals surface area contributed by atoms with Crippen molar-refractivity contribution in [1.29, 1.82) is 0 Å². The van der Waals surface area contributed by atoms with Crippen LogP contribution in [0.1, 0.15) is 29.7 Å². The van der Waals surface area contributed by atoms with Crippen LogP contribution in [0.2, 0.25) is 0 Å². The first-order valence-corrected chi connectivity index (χ1v) is 11.4. The first kappa shape index (κ1) is 22.1. The molecule has 1 N–H and O–H groups in total. The van der Waals surface area contributed by atoms with Crippen molar-refractivity contribution in [3.8, 4) is 5.75 Å². The van der Waals surface area contributed by atoms with Gasteiger partial charge >= 0.3 is 0 Å². The van der Waals surface area contributed by atoms with Crippen molar-refractivity contribution in [1.82, 2.24) is 4.90 Å². The number of nitrogens with zero attached hydrogens (tertiary/aromatic N) is 1. The molecular weight excluding hydrogens is 517 g/mol. The van der Waals surface area contributed by atoms with Crippen molar-refractivity contribution < 1.29 is 19.4 Å². The lowest BCUT2D eigenvalue weighted by atomic mass is 9.95. The van der Waals surface area contributed by atoms with E-state index >= 15 is 0 Å². The van der Waals surface area contributed by atoms with Crippen molar-refractivity contribution in [2.75, 3.05) is 6.61 Å². The van der Waals surface area contributed by atoms with Gasteiger partial charge in [0.25, 0.3) is 11.7 Å². The third kappa shape index (κ3) is 4.41. The zero-order chi connectivity index (χ0) is 22.7. The monoisotopic (exact) mass is 539 g/mol. The van der Waals surface area contributed by atoms with Crippen LogP contribution < -0.4 is 4.74 Å². The highest BCUT2D eigenvalue weighted by Crippen LogP contribution is 2.40. The third-order valence-corrected chi connectivity index (χ3v) is 6.08. The fourth-order valence-corrected chi connectivity index (χ4v) is 4.21. The molecule has 32 heavy (non-hydrogen) atoms. The van der Waals surface area contributed by atoms with E-state index < -0.39 is 17.7 Å². The summed E-state index contributed by atoms with van der Waals surface area (Å²) in [6, 6.07) is 23.3. The number of carbonyl (C=O) groups is 2. The SMILES string of the molecule is CCOc1ccc(/C(O)=C2\C(=O)C(=O)N(Cc3ccccc3)C2c2ccc(I)cc2)cc1. The summed E-state index contributed by atoms with van der Waals surface area (Å²) >= 11 is 2.21. The number of hydrogen-bond acceptors (Lipinski definition) is 4. The van der Waals surface area contributed by atoms with Crippen molar-refractivity contribution in [3.63, 3.8) is 0 Å². The van der Waals surface area contributed by atoms with Crippen molar-refractivity contribution in [3.05, 3.63) is 105 Å². The predicted octanol–water partition coefficient (Wildman–Crippen LogP) is 5.31. The van der Waals surface area contributed by atoms with E-state index in [1.165, 1.54) is 4.90 Å². The summed E-state index contributed by atoms with van der Waals surface area (Å²) in [7, 11) is 0. The van der Waals surface area contributed by atoms with E-state index in [1.54, 1.807) is 24.3 Å². The number of aliphatic hydroxyl groups excluding tert-OH is 1. The number of rotatable bonds is 6. The average molecular weight is 539 g/mol. The molecule has 1 amide bonds. The van der Waals surface area contributed by atoms with E-state index in [-0.39, 0.29) is 17.9 Å². The minimum atomic E-state index is -0.684. The van der Waals surface area contributed by atoms with Gasteiger partial charge in [0, 0.05) is 15.7 Å². The number of hydrogen-bond donors (Lipinski definition) is 1. The van der Waals surface area contributed by atoms with Crippen molar-refractivity contribution >= 4 is 40.0 Å². The molecule has 1 fully saturated rings. The molecule has 1 saturated heterocycles. The summed E-state index contributed by atoms with van der Waals surface area (Å²) in [4.78, 5) is 27.7. The number of Topliss-reactive ketones (excluding diaryl/α,β-unsaturated/α-hetero) is 1. The van der Waals surface area contributed by atoms with Crippen LogP contribution in [0.25, 0.3) is 5.76 Å². The molecule has 0 aromatic heterocycles. The summed E-state index contributed by atoms with van der Waals surface area (Å²) < 4.78 is 6.50. The highest BCUT2D eigenvalue weighted by atomic mass is 127. The average Bonchev–Trinajstić information content (AvgIpc) is 3.05. The molecule has 0 saturated carbocycles. The van der Waals surface area contributed by atoms with Gasteiger partial charge in [0.05, 0.1) is 18.2 Å². The molecule has 0 spiro atoms. The smallest absolute Gasteiger partial charge is 0.295 e. The zero-order valence-electron chi connectivity index (χ0n) is 17.5. The summed E-state index contributed by atoms with van der Waals surface area (Å²) in [5, 5.41) is 11.1. The second kappa shape index (κ2) is 9.56. The van der Waals surface area contributed by atoms with Gasteiger partial charge in [-0.25, -0.2) is 0 Å². The second-order valence-electron chi connectivity index (χ2n) is 7.42. The van der Waals surface area contributed by atoms with Crippen LogP contribution in [0.4, 0.5) is 0 Å². The highest BCUT2D eigenvalue weighted by Gasteiger charge is 2.46. The maximum atomic E-state index is 13.1. The van der Waals surface area contributed by atoms with Gasteiger partial charge in [-0.2, -0.15) is 0 Å². The molecule has 1 aliphatic heterocycles. The summed E-state index contributed by atoms with van der Waals surface area (Å²) in [6.45, 7) is 2.69. The molecule has 1 heterocycles. The van der Waals surface area contributed by atoms with Gasteiger partial charge < -0.3 is 14.7 Å². The largest absolute Gasteiger partial charge is 0.507 e. The predicted molar refractivity (Wildman–Crippen MR) is 131 cm³/mol. The zero-order valence-corrected chi connectivity index (χ0v) is 19.7. The van der Waals surface area contributed by atoms with Gasteiger partial charge in [0.1, 0.15) is 11.5 Å². The Kier molecular flexibility index (Phi) is 6.60. The number of carbonyl (C=O) groups excluding carboxylic acids is 2. The number of likely N-dealkylation sites (tertiary alicyclic amines) is 1. The number of aliphatic hydroxyl groups is 1. The molecule has 0 radical (unpaired) electrons. The molecular formula is C26H22INO4. The van der Waals surface area contributed by atoms with Gasteiger partial charge in [-0.3, -0.25) is 9.59 Å². The molecule has 4 rings (SSSR count). The van der Waals surface area contributed by atoms with E-state index in [0.29, 0.717) is 17.9 Å². The molecule has 3 aromatic carbocycles. The Morgan fingerprint density at radius 2 is 1.62 bits per heavy atom. The fraction of sp³-hybridized carbons (Fsp3) is 0.154. The topological polar surface area (TPSA) is 66.8 Å². The summed E-state index contributed by atoms with van der Waals surface area (Å²) in [5.74, 6) is -0.825. The van der Waals surface area contributed by atoms with Gasteiger partial charge in [-0.05, 0) is 77.0 Å². The Balaban J connectivity index is 1.81. The molecule has 1 atom stereocenters. The van der Waals surface area contributed by atoms with Crippen LogP contribution in [0.15, 0.2) is 84.4 Å². The molecule has 3 aromatic rings. The lowest BCUT2D eigenvalue weighted by Gasteiger charge is -2.25. The van der Waals surface area contributed by atoms with E-state index in [1.807, 2.05) is 61.5 Å². The Morgan fingerprint density at radius 1 is 0.969 bits per heavy atom. The van der Waals surface area contributed by atoms with Gasteiger partial charge in [0.15, 0.2) is 0 Å². The lowest BCUT2D eigenvalue weighted by molar-refractivity contribution is -0.140. The number of ether oxygens (including phenoxy) is 1. The number of ketones is 1. The highest BCUT2D eigenvalue weighted by molar-refractivity contribution is 14.1. The Bertz CT molecular complexity index is 1150. The summed E-state index contributed by atoms with van der Waals surface area (Å²) in [5.41, 5.74) is 2.23. The van der Waals surface area contributed by atoms with E-state index in [2.05, 4.69) is 22.6 Å². The standard InChI is InChI=1S/C26H22INO4/c1-2-32-21-14-10-19(11-15-21)24(29)22-23(18-8-12-20(27)13-9-18)28(26(31)25(22)30)16-17-6-4-3-5-7-17/h3-15,23,29H,2,16H2,1H3/b24-22+. The molecule has 1 unspecified atom stereocenters. The minimum Gasteiger partial charge on any atom is -0.507 e. The Labute approximate surface area is 200 Å². The van der Waals surface area contributed by atoms with Crippen LogP contribution in [0.5, 0.6) is 5.75 Å². The first-order valence-electron chi connectivity index (χ1n) is 10.3. The summed E-state index contributed by atoms with van der Waals surface area (Å²) in [6.07, 6.45) is 0. The van der Waals surface area contributed by atoms with Gasteiger partial charge in [0.2, 0.25) is 0 Å². The normalized spacial score (nSPS) is 17.6. The van der Waals surface area contributed by atoms with E-state index in [9.17, 15) is 14.7 Å². The Hall–Kier alpha value is -3.13.